The van der Waals surface area contributed by atoms with Gasteiger partial charge in [-0.15, -0.1) is 0 Å². The molecule has 0 unspecified atom stereocenters. The van der Waals surface area contributed by atoms with Crippen molar-refractivity contribution in [2.45, 2.75) is 32.5 Å². The van der Waals surface area contributed by atoms with Crippen molar-refractivity contribution in [3.05, 3.63) is 72.1 Å². The highest BCUT2D eigenvalue weighted by atomic mass is 19.4. The van der Waals surface area contributed by atoms with E-state index in [9.17, 15) is 18.0 Å². The van der Waals surface area contributed by atoms with Gasteiger partial charge in [-0.3, -0.25) is 4.90 Å². The Balaban J connectivity index is 1.40. The quantitative estimate of drug-likeness (QED) is 0.412. The Bertz CT molecular complexity index is 1120. The smallest absolute Gasteiger partial charge is 0.419 e. The van der Waals surface area contributed by atoms with Crippen LogP contribution in [0.5, 0.6) is 5.75 Å². The predicted molar refractivity (Wildman–Crippen MR) is 127 cm³/mol. The lowest BCUT2D eigenvalue weighted by molar-refractivity contribution is -0.137. The fourth-order valence-electron chi connectivity index (χ4n) is 4.01. The summed E-state index contributed by atoms with van der Waals surface area (Å²) in [5.41, 5.74) is 2.36. The second-order valence-corrected chi connectivity index (χ2v) is 8.61. The van der Waals surface area contributed by atoms with Crippen LogP contribution in [0.15, 0.2) is 60.9 Å². The molecule has 1 aromatic heterocycles. The van der Waals surface area contributed by atoms with Gasteiger partial charge in [0, 0.05) is 44.5 Å². The number of carbonyl (C=O) groups excluding carboxylic acids is 1. The molecule has 0 N–H and O–H groups in total. The van der Waals surface area contributed by atoms with Crippen molar-refractivity contribution in [3.63, 3.8) is 0 Å². The van der Waals surface area contributed by atoms with Gasteiger partial charge in [-0.1, -0.05) is 55.8 Å². The molecule has 1 fully saturated rings. The van der Waals surface area contributed by atoms with Gasteiger partial charge in [0.25, 0.3) is 0 Å². The number of hydrogen-bond acceptors (Lipinski definition) is 4. The van der Waals surface area contributed by atoms with Crippen LogP contribution in [0.2, 0.25) is 0 Å². The normalized spacial score (nSPS) is 14.8. The van der Waals surface area contributed by atoms with Crippen LogP contribution in [0.1, 0.15) is 30.9 Å². The highest BCUT2D eigenvalue weighted by molar-refractivity contribution is 5.76. The third kappa shape index (κ3) is 6.22. The third-order valence-electron chi connectivity index (χ3n) is 6.07. The Morgan fingerprint density at radius 1 is 1.03 bits per heavy atom. The summed E-state index contributed by atoms with van der Waals surface area (Å²) in [6, 6.07) is 15.9. The zero-order chi connectivity index (χ0) is 24.8. The first-order valence-corrected chi connectivity index (χ1v) is 11.8. The van der Waals surface area contributed by atoms with Crippen LogP contribution in [-0.2, 0) is 12.7 Å². The molecule has 9 heteroatoms. The summed E-state index contributed by atoms with van der Waals surface area (Å²) in [4.78, 5) is 16.3. The first-order chi connectivity index (χ1) is 16.8. The molecule has 3 aromatic rings. The molecule has 2 heterocycles. The van der Waals surface area contributed by atoms with Gasteiger partial charge in [0.2, 0.25) is 0 Å². The van der Waals surface area contributed by atoms with Gasteiger partial charge in [0.05, 0.1) is 18.4 Å². The van der Waals surface area contributed by atoms with Crippen molar-refractivity contribution in [1.29, 1.82) is 0 Å². The summed E-state index contributed by atoms with van der Waals surface area (Å²) in [7, 11) is 0. The van der Waals surface area contributed by atoms with E-state index in [1.165, 1.54) is 4.90 Å². The molecule has 0 radical (unpaired) electrons. The number of hydrogen-bond donors (Lipinski definition) is 0. The average Bonchev–Trinajstić information content (AvgIpc) is 3.37. The SMILES string of the molecule is CCCCOc1cc(-c2ccccc2)ccc1CN1CCN(C(=O)n2cc(C(F)(F)F)cn2)CC1. The zero-order valence-corrected chi connectivity index (χ0v) is 19.7. The van der Waals surface area contributed by atoms with Gasteiger partial charge in [-0.05, 0) is 23.6 Å². The minimum atomic E-state index is -4.52. The molecule has 0 aliphatic carbocycles. The Morgan fingerprint density at radius 3 is 2.43 bits per heavy atom. The molecule has 186 valence electrons. The maximum absolute atomic E-state index is 12.8. The molecule has 0 atom stereocenters. The van der Waals surface area contributed by atoms with Crippen molar-refractivity contribution >= 4 is 6.03 Å². The summed E-state index contributed by atoms with van der Waals surface area (Å²) in [5.74, 6) is 0.856. The van der Waals surface area contributed by atoms with Gasteiger partial charge >= 0.3 is 12.2 Å². The molecule has 0 saturated carbocycles. The molecular formula is C26H29F3N4O2. The number of aromatic nitrogens is 2. The van der Waals surface area contributed by atoms with Gasteiger partial charge in [0.15, 0.2) is 0 Å². The molecule has 1 amide bonds. The summed E-state index contributed by atoms with van der Waals surface area (Å²) in [6.45, 7) is 5.47. The van der Waals surface area contributed by atoms with Crippen LogP contribution in [0.3, 0.4) is 0 Å². The van der Waals surface area contributed by atoms with Gasteiger partial charge < -0.3 is 9.64 Å². The number of piperazine rings is 1. The Kier molecular flexibility index (Phi) is 7.75. The van der Waals surface area contributed by atoms with Crippen LogP contribution in [0.4, 0.5) is 18.0 Å². The Morgan fingerprint density at radius 2 is 1.77 bits per heavy atom. The summed E-state index contributed by atoms with van der Waals surface area (Å²) in [6.07, 6.45) is -1.09. The number of unbranched alkanes of at least 4 members (excludes halogenated alkanes) is 1. The number of nitrogens with zero attached hydrogens (tertiary/aromatic N) is 4. The molecular weight excluding hydrogens is 457 g/mol. The number of ether oxygens (including phenoxy) is 1. The van der Waals surface area contributed by atoms with E-state index >= 15 is 0 Å². The first-order valence-electron chi connectivity index (χ1n) is 11.8. The molecule has 6 nitrogen and oxygen atoms in total. The average molecular weight is 487 g/mol. The molecule has 1 aliphatic heterocycles. The second-order valence-electron chi connectivity index (χ2n) is 8.61. The number of amides is 1. The van der Waals surface area contributed by atoms with E-state index in [2.05, 4.69) is 47.3 Å². The lowest BCUT2D eigenvalue weighted by Gasteiger charge is -2.34. The molecule has 35 heavy (non-hydrogen) atoms. The first kappa shape index (κ1) is 24.8. The predicted octanol–water partition coefficient (Wildman–Crippen LogP) is 5.53. The molecule has 1 aliphatic rings. The highest BCUT2D eigenvalue weighted by Gasteiger charge is 2.33. The molecule has 2 aromatic carbocycles. The molecule has 0 bridgehead atoms. The molecule has 4 rings (SSSR count). The van der Waals surface area contributed by atoms with Gasteiger partial charge in [-0.2, -0.15) is 23.0 Å². The number of benzene rings is 2. The number of alkyl halides is 3. The minimum Gasteiger partial charge on any atom is -0.493 e. The number of carbonyl (C=O) groups is 1. The Labute approximate surface area is 202 Å². The van der Waals surface area contributed by atoms with E-state index in [0.29, 0.717) is 45.5 Å². The highest BCUT2D eigenvalue weighted by Crippen LogP contribution is 2.30. The summed E-state index contributed by atoms with van der Waals surface area (Å²) in [5, 5.41) is 3.60. The minimum absolute atomic E-state index is 0.411. The van der Waals surface area contributed by atoms with Crippen molar-refractivity contribution < 1.29 is 22.7 Å². The van der Waals surface area contributed by atoms with Crippen molar-refractivity contribution in [1.82, 2.24) is 19.6 Å². The fraction of sp³-hybridized carbons (Fsp3) is 0.385. The van der Waals surface area contributed by atoms with Crippen LogP contribution >= 0.6 is 0 Å². The van der Waals surface area contributed by atoms with Crippen LogP contribution in [0.25, 0.3) is 11.1 Å². The van der Waals surface area contributed by atoms with Crippen LogP contribution in [-0.4, -0.2) is 58.4 Å². The van der Waals surface area contributed by atoms with Crippen LogP contribution in [0, 0.1) is 0 Å². The van der Waals surface area contributed by atoms with Crippen molar-refractivity contribution in [2.75, 3.05) is 32.8 Å². The number of rotatable bonds is 7. The van der Waals surface area contributed by atoms with E-state index in [-0.39, 0.29) is 0 Å². The maximum atomic E-state index is 12.8. The monoisotopic (exact) mass is 486 g/mol. The largest absolute Gasteiger partial charge is 0.493 e. The third-order valence-corrected chi connectivity index (χ3v) is 6.07. The molecule has 1 saturated heterocycles. The summed E-state index contributed by atoms with van der Waals surface area (Å²) < 4.78 is 45.4. The van der Waals surface area contributed by atoms with E-state index in [4.69, 9.17) is 4.74 Å². The van der Waals surface area contributed by atoms with Crippen molar-refractivity contribution in [2.24, 2.45) is 0 Å². The second kappa shape index (κ2) is 10.9. The summed E-state index contributed by atoms with van der Waals surface area (Å²) >= 11 is 0. The topological polar surface area (TPSA) is 50.6 Å². The fourth-order valence-corrected chi connectivity index (χ4v) is 4.01. The lowest BCUT2D eigenvalue weighted by atomic mass is 10.0. The van der Waals surface area contributed by atoms with E-state index in [0.717, 1.165) is 46.2 Å². The van der Waals surface area contributed by atoms with Crippen LogP contribution < -0.4 is 4.74 Å². The van der Waals surface area contributed by atoms with E-state index < -0.39 is 17.8 Å². The van der Waals surface area contributed by atoms with Gasteiger partial charge in [0.1, 0.15) is 5.75 Å². The standard InChI is InChI=1S/C26H29F3N4O2/c1-2-3-15-35-24-16-21(20-7-5-4-6-8-20)9-10-22(24)18-31-11-13-32(14-12-31)25(34)33-19-23(17-30-33)26(27,28)29/h4-10,16-17,19H,2-3,11-15,18H2,1H3. The number of halogens is 3. The Hall–Kier alpha value is -3.33. The molecule has 0 spiro atoms. The van der Waals surface area contributed by atoms with Gasteiger partial charge in [-0.25, -0.2) is 4.79 Å². The lowest BCUT2D eigenvalue weighted by Crippen LogP contribution is -2.49. The van der Waals surface area contributed by atoms with E-state index in [1.54, 1.807) is 0 Å². The van der Waals surface area contributed by atoms with E-state index in [1.807, 2.05) is 18.2 Å². The maximum Gasteiger partial charge on any atom is 0.419 e. The van der Waals surface area contributed by atoms with Crippen molar-refractivity contribution in [3.8, 4) is 16.9 Å². The zero-order valence-electron chi connectivity index (χ0n) is 19.7.